The molecule has 1 aromatic heterocycles. The normalized spacial score (nSPS) is 8.81. The van der Waals surface area contributed by atoms with Crippen molar-refractivity contribution in [2.24, 2.45) is 12.8 Å². The van der Waals surface area contributed by atoms with Crippen molar-refractivity contribution >= 4 is 12.4 Å². The van der Waals surface area contributed by atoms with Gasteiger partial charge in [0, 0.05) is 13.2 Å². The Morgan fingerprint density at radius 3 is 2.31 bits per heavy atom. The van der Waals surface area contributed by atoms with Crippen molar-refractivity contribution in [1.82, 2.24) is 9.78 Å². The van der Waals surface area contributed by atoms with Gasteiger partial charge >= 0.3 is 0 Å². The number of nitrogens with zero attached hydrogens (tertiary/aromatic N) is 2. The van der Waals surface area contributed by atoms with Crippen LogP contribution >= 0.6 is 0 Å². The SMILES string of the molecule is CC.CCC.Cn1cc(C=O)c(/C=C\N)n1. The second-order valence-corrected chi connectivity index (χ2v) is 2.83. The summed E-state index contributed by atoms with van der Waals surface area (Å²) in [4.78, 5) is 10.4. The highest BCUT2D eigenvalue weighted by molar-refractivity contribution is 5.80. The van der Waals surface area contributed by atoms with Crippen LogP contribution in [-0.4, -0.2) is 16.1 Å². The van der Waals surface area contributed by atoms with Crippen molar-refractivity contribution in [2.45, 2.75) is 34.1 Å². The van der Waals surface area contributed by atoms with Gasteiger partial charge in [-0.15, -0.1) is 0 Å². The van der Waals surface area contributed by atoms with Gasteiger partial charge in [-0.3, -0.25) is 9.48 Å². The summed E-state index contributed by atoms with van der Waals surface area (Å²) < 4.78 is 1.57. The van der Waals surface area contributed by atoms with Crippen LogP contribution in [0.3, 0.4) is 0 Å². The molecule has 0 bridgehead atoms. The lowest BCUT2D eigenvalue weighted by Gasteiger charge is -1.83. The number of hydrogen-bond acceptors (Lipinski definition) is 3. The van der Waals surface area contributed by atoms with Gasteiger partial charge in [-0.25, -0.2) is 0 Å². The molecule has 16 heavy (non-hydrogen) atoms. The van der Waals surface area contributed by atoms with E-state index in [-0.39, 0.29) is 0 Å². The van der Waals surface area contributed by atoms with Crippen LogP contribution in [0.25, 0.3) is 6.08 Å². The van der Waals surface area contributed by atoms with Crippen molar-refractivity contribution in [3.63, 3.8) is 0 Å². The van der Waals surface area contributed by atoms with E-state index in [2.05, 4.69) is 18.9 Å². The van der Waals surface area contributed by atoms with E-state index in [4.69, 9.17) is 5.73 Å². The first-order valence-electron chi connectivity index (χ1n) is 5.56. The molecule has 1 rings (SSSR count). The molecule has 92 valence electrons. The molecule has 0 aliphatic rings. The van der Waals surface area contributed by atoms with Crippen LogP contribution < -0.4 is 5.73 Å². The summed E-state index contributed by atoms with van der Waals surface area (Å²) in [5.74, 6) is 0. The minimum atomic E-state index is 0.550. The predicted octanol–water partition coefficient (Wildman–Crippen LogP) is 2.60. The monoisotopic (exact) mass is 225 g/mol. The third-order valence-electron chi connectivity index (χ3n) is 1.27. The van der Waals surface area contributed by atoms with Crippen molar-refractivity contribution in [1.29, 1.82) is 0 Å². The minimum absolute atomic E-state index is 0.550. The molecule has 2 N–H and O–H groups in total. The van der Waals surface area contributed by atoms with Crippen LogP contribution in [-0.2, 0) is 7.05 Å². The molecule has 0 saturated heterocycles. The molecule has 0 aromatic carbocycles. The molecule has 4 nitrogen and oxygen atoms in total. The molecule has 0 aliphatic carbocycles. The maximum absolute atomic E-state index is 10.4. The van der Waals surface area contributed by atoms with Gasteiger partial charge in [0.05, 0.1) is 11.3 Å². The molecule has 0 spiro atoms. The van der Waals surface area contributed by atoms with Gasteiger partial charge in [0.15, 0.2) is 6.29 Å². The van der Waals surface area contributed by atoms with E-state index >= 15 is 0 Å². The van der Waals surface area contributed by atoms with Crippen LogP contribution in [0.5, 0.6) is 0 Å². The van der Waals surface area contributed by atoms with Gasteiger partial charge in [0.25, 0.3) is 0 Å². The van der Waals surface area contributed by atoms with Crippen molar-refractivity contribution < 1.29 is 4.79 Å². The summed E-state index contributed by atoms with van der Waals surface area (Å²) in [5.41, 5.74) is 6.30. The van der Waals surface area contributed by atoms with E-state index < -0.39 is 0 Å². The third kappa shape index (κ3) is 6.81. The van der Waals surface area contributed by atoms with Gasteiger partial charge in [-0.05, 0) is 12.3 Å². The summed E-state index contributed by atoms with van der Waals surface area (Å²) in [6, 6.07) is 0. The van der Waals surface area contributed by atoms with E-state index in [0.717, 1.165) is 6.29 Å². The Morgan fingerprint density at radius 2 is 1.94 bits per heavy atom. The fourth-order valence-corrected chi connectivity index (χ4v) is 0.835. The molecule has 1 aromatic rings. The van der Waals surface area contributed by atoms with Crippen LogP contribution in [0, 0.1) is 0 Å². The zero-order valence-corrected chi connectivity index (χ0v) is 10.9. The van der Waals surface area contributed by atoms with E-state index in [1.54, 1.807) is 24.0 Å². The Morgan fingerprint density at radius 1 is 1.44 bits per heavy atom. The molecule has 4 heteroatoms. The fourth-order valence-electron chi connectivity index (χ4n) is 0.835. The number of carbonyl (C=O) groups excluding carboxylic acids is 1. The molecular formula is C12H23N3O. The molecule has 0 saturated carbocycles. The highest BCUT2D eigenvalue weighted by Crippen LogP contribution is 2.03. The van der Waals surface area contributed by atoms with Gasteiger partial charge in [-0.2, -0.15) is 5.10 Å². The molecular weight excluding hydrogens is 202 g/mol. The maximum Gasteiger partial charge on any atom is 0.153 e. The van der Waals surface area contributed by atoms with E-state index in [1.165, 1.54) is 12.6 Å². The number of hydrogen-bond donors (Lipinski definition) is 1. The average molecular weight is 225 g/mol. The number of rotatable bonds is 2. The Bertz CT molecular complexity index is 303. The standard InChI is InChI=1S/C7H9N3O.C3H8.C2H6/c1-10-4-6(5-11)7(9-10)2-3-8;1-3-2;1-2/h2-5H,8H2,1H3;3H2,1-2H3;1-2H3/b3-2-;;. The first kappa shape index (κ1) is 16.8. The first-order chi connectivity index (χ1) is 7.69. The molecule has 0 fully saturated rings. The maximum atomic E-state index is 10.4. The van der Waals surface area contributed by atoms with Crippen molar-refractivity contribution in [3.05, 3.63) is 23.7 Å². The Labute approximate surface area is 98.1 Å². The van der Waals surface area contributed by atoms with Crippen molar-refractivity contribution in [3.8, 4) is 0 Å². The minimum Gasteiger partial charge on any atom is -0.405 e. The van der Waals surface area contributed by atoms with Crippen LogP contribution in [0.2, 0.25) is 0 Å². The number of aromatic nitrogens is 2. The van der Waals surface area contributed by atoms with Gasteiger partial charge in [0.1, 0.15) is 0 Å². The summed E-state index contributed by atoms with van der Waals surface area (Å²) in [5, 5.41) is 3.99. The Balaban J connectivity index is 0. The molecule has 0 aliphatic heterocycles. The lowest BCUT2D eigenvalue weighted by Crippen LogP contribution is -1.87. The summed E-state index contributed by atoms with van der Waals surface area (Å²) in [6.07, 6.45) is 6.59. The van der Waals surface area contributed by atoms with E-state index in [9.17, 15) is 4.79 Å². The predicted molar refractivity (Wildman–Crippen MR) is 69.1 cm³/mol. The van der Waals surface area contributed by atoms with Crippen LogP contribution in [0.15, 0.2) is 12.4 Å². The van der Waals surface area contributed by atoms with Crippen LogP contribution in [0.1, 0.15) is 50.2 Å². The fraction of sp³-hybridized carbons (Fsp3) is 0.500. The quantitative estimate of drug-likeness (QED) is 0.787. The second-order valence-electron chi connectivity index (χ2n) is 2.83. The molecule has 0 atom stereocenters. The first-order valence-corrected chi connectivity index (χ1v) is 5.56. The lowest BCUT2D eigenvalue weighted by molar-refractivity contribution is 0.112. The van der Waals surface area contributed by atoms with Gasteiger partial charge < -0.3 is 5.73 Å². The number of aldehydes is 1. The summed E-state index contributed by atoms with van der Waals surface area (Å²) in [7, 11) is 1.75. The lowest BCUT2D eigenvalue weighted by atomic mass is 10.3. The summed E-state index contributed by atoms with van der Waals surface area (Å²) >= 11 is 0. The van der Waals surface area contributed by atoms with E-state index in [1.807, 2.05) is 13.8 Å². The highest BCUT2D eigenvalue weighted by Gasteiger charge is 2.01. The largest absolute Gasteiger partial charge is 0.405 e. The Kier molecular flexibility index (Phi) is 12.1. The van der Waals surface area contributed by atoms with Crippen molar-refractivity contribution in [2.75, 3.05) is 0 Å². The highest BCUT2D eigenvalue weighted by atomic mass is 16.1. The number of nitrogens with two attached hydrogens (primary N) is 1. The van der Waals surface area contributed by atoms with E-state index in [0.29, 0.717) is 11.3 Å². The smallest absolute Gasteiger partial charge is 0.153 e. The summed E-state index contributed by atoms with van der Waals surface area (Å²) in [6.45, 7) is 8.25. The van der Waals surface area contributed by atoms with Gasteiger partial charge in [0.2, 0.25) is 0 Å². The number of aryl methyl sites for hydroxylation is 1. The topological polar surface area (TPSA) is 60.9 Å². The molecule has 0 radical (unpaired) electrons. The molecule has 0 amide bonds. The molecule has 1 heterocycles. The Hall–Kier alpha value is -1.58. The number of carbonyl (C=O) groups is 1. The zero-order valence-electron chi connectivity index (χ0n) is 10.9. The average Bonchev–Trinajstić information content (AvgIpc) is 2.63. The molecule has 0 unspecified atom stereocenters. The van der Waals surface area contributed by atoms with Crippen LogP contribution in [0.4, 0.5) is 0 Å². The zero-order chi connectivity index (χ0) is 13.0. The third-order valence-corrected chi connectivity index (χ3v) is 1.27. The van der Waals surface area contributed by atoms with Gasteiger partial charge in [-0.1, -0.05) is 34.1 Å². The second kappa shape index (κ2) is 11.5.